The number of carbonyl (C=O) groups is 5. The van der Waals surface area contributed by atoms with Gasteiger partial charge in [0.15, 0.2) is 0 Å². The molecule has 4 N–H and O–H groups in total. The van der Waals surface area contributed by atoms with Crippen molar-refractivity contribution >= 4 is 47.5 Å². The van der Waals surface area contributed by atoms with Gasteiger partial charge in [0.05, 0.1) is 31.0 Å². The number of alkyl halides is 1. The lowest BCUT2D eigenvalue weighted by molar-refractivity contribution is -0.144. The Kier molecular flexibility index (Phi) is 14.9. The average molecular weight is 658 g/mol. The van der Waals surface area contributed by atoms with Gasteiger partial charge in [0.1, 0.15) is 11.2 Å². The number of guanidine groups is 1. The number of carbonyl (C=O) groups excluding carboxylic acids is 5. The van der Waals surface area contributed by atoms with E-state index in [-0.39, 0.29) is 61.7 Å². The molecule has 45 heavy (non-hydrogen) atoms. The fourth-order valence-electron chi connectivity index (χ4n) is 5.38. The maximum atomic E-state index is 13.1. The fourth-order valence-corrected chi connectivity index (χ4v) is 5.67. The summed E-state index contributed by atoms with van der Waals surface area (Å²) in [6.45, 7) is 11.9. The monoisotopic (exact) mass is 657 g/mol. The number of nitrogens with one attached hydrogen (secondary N) is 4. The van der Waals surface area contributed by atoms with Crippen molar-refractivity contribution in [1.82, 2.24) is 21.3 Å². The van der Waals surface area contributed by atoms with Crippen LogP contribution in [0.3, 0.4) is 0 Å². The van der Waals surface area contributed by atoms with E-state index in [2.05, 4.69) is 26.3 Å². The Balaban J connectivity index is 2.06. The summed E-state index contributed by atoms with van der Waals surface area (Å²) in [6, 6.07) is -1.00. The minimum absolute atomic E-state index is 0.0919. The number of ether oxygens (including phenoxy) is 3. The molecule has 256 valence electrons. The van der Waals surface area contributed by atoms with Crippen LogP contribution in [0.1, 0.15) is 106 Å². The van der Waals surface area contributed by atoms with Crippen LogP contribution in [0.15, 0.2) is 4.99 Å². The van der Waals surface area contributed by atoms with Gasteiger partial charge in [-0.25, -0.2) is 14.6 Å². The lowest BCUT2D eigenvalue weighted by Gasteiger charge is -2.31. The highest BCUT2D eigenvalue weighted by molar-refractivity contribution is 6.21. The van der Waals surface area contributed by atoms with Crippen LogP contribution < -0.4 is 21.3 Å². The summed E-state index contributed by atoms with van der Waals surface area (Å²) < 4.78 is 15.7. The Labute approximate surface area is 271 Å². The minimum atomic E-state index is -0.839. The molecule has 0 heterocycles. The highest BCUT2D eigenvalue weighted by Gasteiger charge is 2.34. The normalized spacial score (nSPS) is 21.4. The van der Waals surface area contributed by atoms with Gasteiger partial charge < -0.3 is 24.8 Å². The van der Waals surface area contributed by atoms with Crippen LogP contribution in [-0.4, -0.2) is 77.7 Å². The standard InChI is InChI=1S/C31H52ClN5O8/c1-8-43-25(39)17-22(19-12-10-9-11-13-19)34-24(38)18-33-26(40)20-14-15-21(32)23(16-20)35-27(36-28(41)44-30(2,3)4)37-29(42)45-31(5,6)7/h19-23H,8-18H2,1-7H3,(H,33,40)(H,34,38)(H2,35,36,37,41,42). The van der Waals surface area contributed by atoms with E-state index in [9.17, 15) is 24.0 Å². The van der Waals surface area contributed by atoms with Crippen molar-refractivity contribution in [3.8, 4) is 0 Å². The molecule has 0 spiro atoms. The van der Waals surface area contributed by atoms with Crippen LogP contribution in [0.25, 0.3) is 0 Å². The molecule has 13 nitrogen and oxygen atoms in total. The summed E-state index contributed by atoms with van der Waals surface area (Å²) in [7, 11) is 0. The molecule has 2 aliphatic rings. The maximum absolute atomic E-state index is 13.1. The van der Waals surface area contributed by atoms with Crippen LogP contribution >= 0.6 is 11.6 Å². The third kappa shape index (κ3) is 15.2. The number of esters is 1. The lowest BCUT2D eigenvalue weighted by Crippen LogP contribution is -2.49. The number of hydrogen-bond donors (Lipinski definition) is 4. The van der Waals surface area contributed by atoms with Crippen LogP contribution in [0, 0.1) is 11.8 Å². The molecule has 4 amide bonds. The summed E-state index contributed by atoms with van der Waals surface area (Å²) in [5.41, 5.74) is -1.60. The second kappa shape index (κ2) is 17.6. The number of nitrogens with zero attached hydrogens (tertiary/aromatic N) is 1. The Hall–Kier alpha value is -3.09. The predicted octanol–water partition coefficient (Wildman–Crippen LogP) is 4.30. The largest absolute Gasteiger partial charge is 0.466 e. The quantitative estimate of drug-likeness (QED) is 0.0933. The van der Waals surface area contributed by atoms with Gasteiger partial charge in [-0.2, -0.15) is 0 Å². The second-order valence-corrected chi connectivity index (χ2v) is 14.2. The first-order valence-corrected chi connectivity index (χ1v) is 16.3. The van der Waals surface area contributed by atoms with E-state index < -0.39 is 40.7 Å². The van der Waals surface area contributed by atoms with Gasteiger partial charge in [0.25, 0.3) is 0 Å². The number of alkyl carbamates (subject to hydrolysis) is 2. The van der Waals surface area contributed by atoms with E-state index in [0.717, 1.165) is 32.1 Å². The van der Waals surface area contributed by atoms with Crippen molar-refractivity contribution in [3.05, 3.63) is 0 Å². The first-order chi connectivity index (χ1) is 21.0. The molecule has 2 aliphatic carbocycles. The van der Waals surface area contributed by atoms with E-state index in [1.54, 1.807) is 48.5 Å². The molecule has 0 radical (unpaired) electrons. The van der Waals surface area contributed by atoms with Gasteiger partial charge in [-0.1, -0.05) is 19.3 Å². The molecule has 2 rings (SSSR count). The van der Waals surface area contributed by atoms with E-state index in [4.69, 9.17) is 25.8 Å². The molecular weight excluding hydrogens is 606 g/mol. The van der Waals surface area contributed by atoms with Crippen molar-refractivity contribution in [2.24, 2.45) is 16.8 Å². The van der Waals surface area contributed by atoms with Gasteiger partial charge in [-0.3, -0.25) is 25.0 Å². The highest BCUT2D eigenvalue weighted by Crippen LogP contribution is 2.31. The van der Waals surface area contributed by atoms with E-state index in [1.807, 2.05) is 0 Å². The van der Waals surface area contributed by atoms with Gasteiger partial charge in [0.2, 0.25) is 17.8 Å². The molecule has 0 aliphatic heterocycles. The summed E-state index contributed by atoms with van der Waals surface area (Å²) in [4.78, 5) is 67.6. The van der Waals surface area contributed by atoms with Crippen LogP contribution in [-0.2, 0) is 28.6 Å². The Morgan fingerprint density at radius 1 is 0.867 bits per heavy atom. The first kappa shape index (κ1) is 38.1. The van der Waals surface area contributed by atoms with Crippen molar-refractivity contribution < 1.29 is 38.2 Å². The molecule has 0 aromatic heterocycles. The van der Waals surface area contributed by atoms with Gasteiger partial charge in [0, 0.05) is 12.0 Å². The minimum Gasteiger partial charge on any atom is -0.466 e. The summed E-state index contributed by atoms with van der Waals surface area (Å²) in [5, 5.41) is 10.1. The van der Waals surface area contributed by atoms with Crippen molar-refractivity contribution in [1.29, 1.82) is 0 Å². The topological polar surface area (TPSA) is 174 Å². The molecule has 2 saturated carbocycles. The molecule has 2 fully saturated rings. The Morgan fingerprint density at radius 3 is 1.98 bits per heavy atom. The number of hydrogen-bond acceptors (Lipinski definition) is 9. The van der Waals surface area contributed by atoms with Crippen molar-refractivity contribution in [2.45, 2.75) is 135 Å². The smallest absolute Gasteiger partial charge is 0.414 e. The molecule has 4 unspecified atom stereocenters. The van der Waals surface area contributed by atoms with Gasteiger partial charge in [-0.15, -0.1) is 11.6 Å². The molecule has 0 aromatic carbocycles. The summed E-state index contributed by atoms with van der Waals surface area (Å²) in [5.74, 6) is -1.63. The van der Waals surface area contributed by atoms with Crippen molar-refractivity contribution in [3.63, 3.8) is 0 Å². The van der Waals surface area contributed by atoms with Crippen LogP contribution in [0.5, 0.6) is 0 Å². The van der Waals surface area contributed by atoms with Crippen LogP contribution in [0.4, 0.5) is 9.59 Å². The predicted molar refractivity (Wildman–Crippen MR) is 170 cm³/mol. The molecule has 0 bridgehead atoms. The Morgan fingerprint density at radius 2 is 1.44 bits per heavy atom. The van der Waals surface area contributed by atoms with E-state index >= 15 is 0 Å². The molecular formula is C31H52ClN5O8. The molecule has 0 aromatic rings. The van der Waals surface area contributed by atoms with E-state index in [0.29, 0.717) is 12.8 Å². The SMILES string of the molecule is CCOC(=O)CC(NC(=O)CNC(=O)C1CCC(Cl)C(N=C(NC(=O)OC(C)(C)C)NC(=O)OC(C)(C)C)C1)C1CCCCC1. The third-order valence-electron chi connectivity index (χ3n) is 7.32. The second-order valence-electron chi connectivity index (χ2n) is 13.6. The maximum Gasteiger partial charge on any atom is 0.414 e. The summed E-state index contributed by atoms with van der Waals surface area (Å²) in [6.07, 6.45) is 4.62. The third-order valence-corrected chi connectivity index (χ3v) is 7.83. The number of halogens is 1. The van der Waals surface area contributed by atoms with Gasteiger partial charge in [-0.05, 0) is 86.5 Å². The Bertz CT molecular complexity index is 1030. The highest BCUT2D eigenvalue weighted by atomic mass is 35.5. The first-order valence-electron chi connectivity index (χ1n) is 15.9. The zero-order valence-electron chi connectivity index (χ0n) is 27.8. The van der Waals surface area contributed by atoms with Gasteiger partial charge >= 0.3 is 18.2 Å². The zero-order chi connectivity index (χ0) is 33.8. The fraction of sp³-hybridized carbons (Fsp3) is 0.806. The number of aliphatic imine (C=N–C) groups is 1. The lowest BCUT2D eigenvalue weighted by atomic mass is 9.82. The van der Waals surface area contributed by atoms with Crippen LogP contribution in [0.2, 0.25) is 0 Å². The van der Waals surface area contributed by atoms with Crippen molar-refractivity contribution in [2.75, 3.05) is 13.2 Å². The molecule has 14 heteroatoms. The molecule has 4 atom stereocenters. The molecule has 0 saturated heterocycles. The summed E-state index contributed by atoms with van der Waals surface area (Å²) >= 11 is 6.58. The zero-order valence-corrected chi connectivity index (χ0v) is 28.5. The van der Waals surface area contributed by atoms with E-state index in [1.165, 1.54) is 0 Å². The average Bonchev–Trinajstić information content (AvgIpc) is 2.91. The number of amides is 4. The number of rotatable bonds is 9.